The topological polar surface area (TPSA) is 49.7 Å². The fourth-order valence-electron chi connectivity index (χ4n) is 4.58. The second kappa shape index (κ2) is 5.63. The van der Waals surface area contributed by atoms with E-state index in [2.05, 4.69) is 23.2 Å². The zero-order valence-electron chi connectivity index (χ0n) is 14.7. The van der Waals surface area contributed by atoms with Crippen molar-refractivity contribution in [2.45, 2.75) is 25.8 Å². The number of allylic oxidation sites excluding steroid dienone is 4. The van der Waals surface area contributed by atoms with Crippen LogP contribution >= 0.6 is 0 Å². The summed E-state index contributed by atoms with van der Waals surface area (Å²) in [7, 11) is 0. The Balaban J connectivity index is 1.65. The molecule has 0 saturated heterocycles. The Morgan fingerprint density at radius 1 is 1.12 bits per heavy atom. The number of ketones is 2. The maximum atomic E-state index is 12.6. The first-order chi connectivity index (χ1) is 12.6. The van der Waals surface area contributed by atoms with E-state index in [0.29, 0.717) is 0 Å². The zero-order chi connectivity index (χ0) is 17.8. The van der Waals surface area contributed by atoms with Crippen molar-refractivity contribution >= 4 is 29.6 Å². The molecule has 4 aliphatic rings. The molecule has 0 N–H and O–H groups in total. The van der Waals surface area contributed by atoms with Crippen LogP contribution in [0.2, 0.25) is 0 Å². The second-order valence-corrected chi connectivity index (χ2v) is 7.40. The smallest absolute Gasteiger partial charge is 0.182 e. The molecule has 5 rings (SSSR count). The summed E-state index contributed by atoms with van der Waals surface area (Å²) in [5.41, 5.74) is 6.66. The maximum absolute atomic E-state index is 12.6. The molecule has 4 heteroatoms. The number of rotatable bonds is 1. The number of hydrogen-bond donors (Lipinski definition) is 0. The van der Waals surface area contributed by atoms with Crippen molar-refractivity contribution in [3.8, 4) is 0 Å². The molecule has 3 aliphatic carbocycles. The quantitative estimate of drug-likeness (QED) is 0.786. The van der Waals surface area contributed by atoms with Crippen LogP contribution in [0.1, 0.15) is 41.6 Å². The highest BCUT2D eigenvalue weighted by Gasteiger charge is 2.34. The number of Topliss-reactive ketones (excluding diaryl/α,β-unsaturated/α-hetero) is 1. The normalized spacial score (nSPS) is 26.3. The van der Waals surface area contributed by atoms with Gasteiger partial charge < -0.3 is 4.90 Å². The van der Waals surface area contributed by atoms with Crippen molar-refractivity contribution in [2.75, 3.05) is 13.1 Å². The molecule has 1 heterocycles. The highest BCUT2D eigenvalue weighted by molar-refractivity contribution is 6.10. The van der Waals surface area contributed by atoms with Crippen molar-refractivity contribution in [3.63, 3.8) is 0 Å². The molecule has 130 valence electrons. The van der Waals surface area contributed by atoms with Crippen molar-refractivity contribution in [2.24, 2.45) is 10.9 Å². The van der Waals surface area contributed by atoms with Crippen molar-refractivity contribution in [1.29, 1.82) is 0 Å². The van der Waals surface area contributed by atoms with Crippen LogP contribution in [0.25, 0.3) is 11.6 Å². The van der Waals surface area contributed by atoms with Crippen LogP contribution in [0.3, 0.4) is 0 Å². The van der Waals surface area contributed by atoms with Gasteiger partial charge in [-0.05, 0) is 46.7 Å². The van der Waals surface area contributed by atoms with E-state index in [1.54, 1.807) is 12.4 Å². The number of carbonyl (C=O) groups excluding carboxylic acids is 2. The van der Waals surface area contributed by atoms with Crippen LogP contribution in [-0.4, -0.2) is 35.9 Å². The van der Waals surface area contributed by atoms with Crippen LogP contribution in [0.5, 0.6) is 0 Å². The molecule has 0 bridgehead atoms. The molecular formula is C22H20N2O2. The lowest BCUT2D eigenvalue weighted by Crippen LogP contribution is -2.33. The van der Waals surface area contributed by atoms with Gasteiger partial charge >= 0.3 is 0 Å². The van der Waals surface area contributed by atoms with Crippen LogP contribution in [0.15, 0.2) is 40.9 Å². The molecule has 0 amide bonds. The van der Waals surface area contributed by atoms with Crippen molar-refractivity contribution in [1.82, 2.24) is 4.90 Å². The van der Waals surface area contributed by atoms with Gasteiger partial charge in [0.2, 0.25) is 0 Å². The SMILES string of the molecule is CC1C=CC2=C(CCc3c2ccc2c3C=CC(=O)C2N2C=NCC2)C1=O. The van der Waals surface area contributed by atoms with E-state index >= 15 is 0 Å². The first-order valence-corrected chi connectivity index (χ1v) is 9.24. The van der Waals surface area contributed by atoms with Crippen LogP contribution < -0.4 is 0 Å². The summed E-state index contributed by atoms with van der Waals surface area (Å²) < 4.78 is 0. The van der Waals surface area contributed by atoms with E-state index in [9.17, 15) is 9.59 Å². The Labute approximate surface area is 152 Å². The van der Waals surface area contributed by atoms with Gasteiger partial charge in [0, 0.05) is 18.0 Å². The molecule has 0 aromatic heterocycles. The minimum atomic E-state index is -0.273. The standard InChI is InChI=1S/C22H20N2O2/c1-13-2-3-17-15-4-6-18-16(14(15)5-7-19(17)22(13)26)8-9-20(25)21(18)24-11-10-23-12-24/h2-4,6,8-9,12-13,21H,5,7,10-11H2,1H3. The molecule has 0 saturated carbocycles. The molecule has 4 nitrogen and oxygen atoms in total. The fourth-order valence-corrected chi connectivity index (χ4v) is 4.58. The molecule has 1 aromatic rings. The summed E-state index contributed by atoms with van der Waals surface area (Å²) in [6, 6.07) is 3.90. The minimum Gasteiger partial charge on any atom is -0.347 e. The van der Waals surface area contributed by atoms with Gasteiger partial charge in [0.15, 0.2) is 11.6 Å². The number of benzene rings is 1. The van der Waals surface area contributed by atoms with Crippen LogP contribution in [-0.2, 0) is 16.0 Å². The minimum absolute atomic E-state index is 0.0238. The molecule has 0 spiro atoms. The summed E-state index contributed by atoms with van der Waals surface area (Å²) in [6.07, 6.45) is 11.2. The average Bonchev–Trinajstić information content (AvgIpc) is 3.18. The molecule has 1 aromatic carbocycles. The molecule has 1 aliphatic heterocycles. The van der Waals surface area contributed by atoms with Gasteiger partial charge in [-0.15, -0.1) is 0 Å². The number of nitrogens with zero attached hydrogens (tertiary/aromatic N) is 2. The van der Waals surface area contributed by atoms with E-state index in [4.69, 9.17) is 0 Å². The lowest BCUT2D eigenvalue weighted by atomic mass is 9.74. The highest BCUT2D eigenvalue weighted by Crippen LogP contribution is 2.42. The summed E-state index contributed by atoms with van der Waals surface area (Å²) >= 11 is 0. The summed E-state index contributed by atoms with van der Waals surface area (Å²) in [4.78, 5) is 31.4. The average molecular weight is 344 g/mol. The number of fused-ring (bicyclic) bond motifs is 4. The zero-order valence-corrected chi connectivity index (χ0v) is 14.7. The summed E-state index contributed by atoms with van der Waals surface area (Å²) in [5.74, 6) is 0.343. The fraction of sp³-hybridized carbons (Fsp3) is 0.318. The molecule has 0 fully saturated rings. The molecule has 0 radical (unpaired) electrons. The number of carbonyl (C=O) groups is 2. The predicted molar refractivity (Wildman–Crippen MR) is 102 cm³/mol. The molecule has 26 heavy (non-hydrogen) atoms. The van der Waals surface area contributed by atoms with E-state index < -0.39 is 0 Å². The van der Waals surface area contributed by atoms with Gasteiger partial charge in [-0.2, -0.15) is 0 Å². The lowest BCUT2D eigenvalue weighted by Gasteiger charge is -2.32. The third-order valence-electron chi connectivity index (χ3n) is 5.92. The first-order valence-electron chi connectivity index (χ1n) is 9.24. The summed E-state index contributed by atoms with van der Waals surface area (Å²) in [5, 5.41) is 0. The Morgan fingerprint density at radius 2 is 2.00 bits per heavy atom. The van der Waals surface area contributed by atoms with Gasteiger partial charge in [-0.1, -0.05) is 37.3 Å². The van der Waals surface area contributed by atoms with Gasteiger partial charge in [0.25, 0.3) is 0 Å². The van der Waals surface area contributed by atoms with Crippen LogP contribution in [0, 0.1) is 5.92 Å². The van der Waals surface area contributed by atoms with E-state index in [0.717, 1.165) is 53.8 Å². The number of hydrogen-bond acceptors (Lipinski definition) is 4. The van der Waals surface area contributed by atoms with E-state index in [1.165, 1.54) is 5.56 Å². The second-order valence-electron chi connectivity index (χ2n) is 7.40. The van der Waals surface area contributed by atoms with Crippen LogP contribution in [0.4, 0.5) is 0 Å². The Hall–Kier alpha value is -2.75. The Morgan fingerprint density at radius 3 is 2.81 bits per heavy atom. The van der Waals surface area contributed by atoms with Gasteiger partial charge in [0.1, 0.15) is 6.04 Å². The van der Waals surface area contributed by atoms with Crippen molar-refractivity contribution < 1.29 is 9.59 Å². The monoisotopic (exact) mass is 344 g/mol. The van der Waals surface area contributed by atoms with Gasteiger partial charge in [-0.3, -0.25) is 14.6 Å². The van der Waals surface area contributed by atoms with Crippen molar-refractivity contribution in [3.05, 3.63) is 58.2 Å². The Bertz CT molecular complexity index is 965. The molecule has 2 unspecified atom stereocenters. The van der Waals surface area contributed by atoms with E-state index in [1.807, 2.05) is 24.0 Å². The lowest BCUT2D eigenvalue weighted by molar-refractivity contribution is -0.118. The highest BCUT2D eigenvalue weighted by atomic mass is 16.1. The largest absolute Gasteiger partial charge is 0.347 e. The maximum Gasteiger partial charge on any atom is 0.182 e. The predicted octanol–water partition coefficient (Wildman–Crippen LogP) is 3.14. The third-order valence-corrected chi connectivity index (χ3v) is 5.92. The molecule has 2 atom stereocenters. The molecular weight excluding hydrogens is 324 g/mol. The summed E-state index contributed by atoms with van der Waals surface area (Å²) in [6.45, 7) is 3.49. The third kappa shape index (κ3) is 2.11. The first kappa shape index (κ1) is 15.5. The van der Waals surface area contributed by atoms with Gasteiger partial charge in [0.05, 0.1) is 12.9 Å². The Kier molecular flexibility index (Phi) is 3.36. The number of aliphatic imine (C=N–C) groups is 1. The van der Waals surface area contributed by atoms with E-state index in [-0.39, 0.29) is 23.5 Å². The van der Waals surface area contributed by atoms with Gasteiger partial charge in [-0.25, -0.2) is 0 Å².